The van der Waals surface area contributed by atoms with Gasteiger partial charge in [-0.15, -0.1) is 0 Å². The van der Waals surface area contributed by atoms with Crippen LogP contribution in [0.25, 0.3) is 5.69 Å². The van der Waals surface area contributed by atoms with Gasteiger partial charge in [-0.05, 0) is 50.8 Å². The molecular formula is C19H19N5O3. The van der Waals surface area contributed by atoms with E-state index in [4.69, 9.17) is 0 Å². The molecule has 0 unspecified atom stereocenters. The molecule has 2 aromatic heterocycles. The third-order valence-corrected chi connectivity index (χ3v) is 4.86. The monoisotopic (exact) mass is 365 g/mol. The van der Waals surface area contributed by atoms with Crippen LogP contribution in [0, 0.1) is 6.92 Å². The summed E-state index contributed by atoms with van der Waals surface area (Å²) in [6, 6.07) is 7.12. The first-order valence-corrected chi connectivity index (χ1v) is 8.80. The molecule has 0 fully saturated rings. The van der Waals surface area contributed by atoms with Crippen LogP contribution in [0.4, 0.5) is 5.69 Å². The first-order valence-electron chi connectivity index (χ1n) is 8.80. The average molecular weight is 365 g/mol. The third kappa shape index (κ3) is 3.10. The highest BCUT2D eigenvalue weighted by molar-refractivity contribution is 6.04. The summed E-state index contributed by atoms with van der Waals surface area (Å²) in [5.41, 5.74) is 4.43. The van der Waals surface area contributed by atoms with E-state index >= 15 is 0 Å². The van der Waals surface area contributed by atoms with Crippen molar-refractivity contribution in [2.75, 3.05) is 5.32 Å². The third-order valence-electron chi connectivity index (χ3n) is 4.86. The number of aromatic nitrogens is 4. The fraction of sp³-hybridized carbons (Fsp3) is 0.263. The lowest BCUT2D eigenvalue weighted by Crippen LogP contribution is -2.16. The van der Waals surface area contributed by atoms with Gasteiger partial charge in [0.2, 0.25) is 0 Å². The molecule has 0 saturated heterocycles. The van der Waals surface area contributed by atoms with Crippen molar-refractivity contribution in [3.8, 4) is 5.69 Å². The highest BCUT2D eigenvalue weighted by Gasteiger charge is 2.22. The van der Waals surface area contributed by atoms with Crippen molar-refractivity contribution in [3.05, 3.63) is 58.7 Å². The molecule has 0 saturated carbocycles. The Morgan fingerprint density at radius 2 is 2.07 bits per heavy atom. The van der Waals surface area contributed by atoms with E-state index in [9.17, 15) is 14.7 Å². The molecule has 1 aromatic carbocycles. The van der Waals surface area contributed by atoms with Crippen LogP contribution in [0.5, 0.6) is 0 Å². The number of hydrogen-bond acceptors (Lipinski definition) is 4. The van der Waals surface area contributed by atoms with E-state index in [0.29, 0.717) is 22.8 Å². The number of rotatable bonds is 4. The first-order chi connectivity index (χ1) is 13.0. The molecule has 0 bridgehead atoms. The molecule has 8 heteroatoms. The number of fused-ring (bicyclic) bond motifs is 1. The van der Waals surface area contributed by atoms with Gasteiger partial charge in [0.05, 0.1) is 17.6 Å². The summed E-state index contributed by atoms with van der Waals surface area (Å²) >= 11 is 0. The summed E-state index contributed by atoms with van der Waals surface area (Å²) in [6.07, 6.45) is 5.28. The van der Waals surface area contributed by atoms with Crippen LogP contribution in [0.2, 0.25) is 0 Å². The fourth-order valence-corrected chi connectivity index (χ4v) is 3.45. The minimum Gasteiger partial charge on any atom is -0.478 e. The molecule has 0 atom stereocenters. The second kappa shape index (κ2) is 6.71. The lowest BCUT2D eigenvalue weighted by molar-refractivity contribution is 0.0696. The number of carboxylic acid groups (broad SMARTS) is 1. The van der Waals surface area contributed by atoms with Crippen molar-refractivity contribution >= 4 is 17.6 Å². The SMILES string of the molecule is Cc1c(C(=O)O)cnn1-c1cccc(NC(=O)c2n[nH]c3c2CCCC3)c1. The van der Waals surface area contributed by atoms with Crippen LogP contribution in [0.3, 0.4) is 0 Å². The number of carboxylic acids is 1. The number of carbonyl (C=O) groups is 2. The predicted molar refractivity (Wildman–Crippen MR) is 98.4 cm³/mol. The number of amides is 1. The van der Waals surface area contributed by atoms with Crippen LogP contribution in [0.15, 0.2) is 30.5 Å². The second-order valence-corrected chi connectivity index (χ2v) is 6.60. The normalized spacial score (nSPS) is 13.2. The zero-order chi connectivity index (χ0) is 19.0. The summed E-state index contributed by atoms with van der Waals surface area (Å²) in [5, 5.41) is 23.4. The lowest BCUT2D eigenvalue weighted by Gasteiger charge is -2.12. The van der Waals surface area contributed by atoms with E-state index in [0.717, 1.165) is 36.9 Å². The van der Waals surface area contributed by atoms with Crippen LogP contribution in [-0.4, -0.2) is 37.0 Å². The molecule has 0 spiro atoms. The molecule has 3 aromatic rings. The zero-order valence-electron chi connectivity index (χ0n) is 14.8. The van der Waals surface area contributed by atoms with Crippen LogP contribution in [-0.2, 0) is 12.8 Å². The topological polar surface area (TPSA) is 113 Å². The number of aromatic carboxylic acids is 1. The van der Waals surface area contributed by atoms with Crippen molar-refractivity contribution in [2.24, 2.45) is 0 Å². The minimum atomic E-state index is -1.02. The molecule has 8 nitrogen and oxygen atoms in total. The number of benzene rings is 1. The van der Waals surface area contributed by atoms with Crippen molar-refractivity contribution in [3.63, 3.8) is 0 Å². The Balaban J connectivity index is 1.59. The highest BCUT2D eigenvalue weighted by Crippen LogP contribution is 2.23. The summed E-state index contributed by atoms with van der Waals surface area (Å²) < 4.78 is 1.54. The van der Waals surface area contributed by atoms with Crippen LogP contribution < -0.4 is 5.32 Å². The summed E-state index contributed by atoms with van der Waals surface area (Å²) in [7, 11) is 0. The number of nitrogens with one attached hydrogen (secondary N) is 2. The molecule has 1 amide bonds. The fourth-order valence-electron chi connectivity index (χ4n) is 3.45. The Kier molecular flexibility index (Phi) is 4.23. The smallest absolute Gasteiger partial charge is 0.339 e. The molecule has 4 rings (SSSR count). The number of aromatic amines is 1. The molecule has 0 radical (unpaired) electrons. The second-order valence-electron chi connectivity index (χ2n) is 6.60. The van der Waals surface area contributed by atoms with Gasteiger partial charge in [-0.1, -0.05) is 6.07 Å². The minimum absolute atomic E-state index is 0.146. The quantitative estimate of drug-likeness (QED) is 0.658. The van der Waals surface area contributed by atoms with Gasteiger partial charge >= 0.3 is 5.97 Å². The first kappa shape index (κ1) is 17.0. The van der Waals surface area contributed by atoms with Crippen molar-refractivity contribution in [1.29, 1.82) is 0 Å². The number of anilines is 1. The average Bonchev–Trinajstić information content (AvgIpc) is 3.25. The van der Waals surface area contributed by atoms with E-state index in [1.165, 1.54) is 10.9 Å². The number of nitrogens with zero attached hydrogens (tertiary/aromatic N) is 3. The zero-order valence-corrected chi connectivity index (χ0v) is 14.8. The van der Waals surface area contributed by atoms with E-state index in [2.05, 4.69) is 20.6 Å². The van der Waals surface area contributed by atoms with E-state index in [1.54, 1.807) is 31.2 Å². The maximum absolute atomic E-state index is 12.7. The van der Waals surface area contributed by atoms with Gasteiger partial charge in [0.1, 0.15) is 5.56 Å². The predicted octanol–water partition coefficient (Wildman–Crippen LogP) is 2.73. The van der Waals surface area contributed by atoms with Gasteiger partial charge in [0.25, 0.3) is 5.91 Å². The molecule has 2 heterocycles. The highest BCUT2D eigenvalue weighted by atomic mass is 16.4. The van der Waals surface area contributed by atoms with Gasteiger partial charge in [-0.3, -0.25) is 9.89 Å². The van der Waals surface area contributed by atoms with Gasteiger partial charge in [-0.2, -0.15) is 10.2 Å². The van der Waals surface area contributed by atoms with Crippen molar-refractivity contribution in [2.45, 2.75) is 32.6 Å². The van der Waals surface area contributed by atoms with Crippen LogP contribution in [0.1, 0.15) is 50.6 Å². The van der Waals surface area contributed by atoms with Gasteiger partial charge in [0, 0.05) is 16.9 Å². The van der Waals surface area contributed by atoms with E-state index < -0.39 is 5.97 Å². The van der Waals surface area contributed by atoms with Gasteiger partial charge < -0.3 is 10.4 Å². The molecule has 27 heavy (non-hydrogen) atoms. The Morgan fingerprint density at radius 3 is 2.85 bits per heavy atom. The van der Waals surface area contributed by atoms with E-state index in [1.807, 2.05) is 0 Å². The maximum atomic E-state index is 12.7. The van der Waals surface area contributed by atoms with Gasteiger partial charge in [-0.25, -0.2) is 9.48 Å². The summed E-state index contributed by atoms with van der Waals surface area (Å²) in [5.74, 6) is -1.28. The van der Waals surface area contributed by atoms with Gasteiger partial charge in [0.15, 0.2) is 5.69 Å². The standard InChI is InChI=1S/C19H19N5O3/c1-11-15(19(26)27)10-20-24(11)13-6-4-5-12(9-13)21-18(25)17-14-7-2-3-8-16(14)22-23-17/h4-6,9-10H,2-3,7-8H2,1H3,(H,21,25)(H,22,23)(H,26,27). The molecule has 3 N–H and O–H groups in total. The number of carbonyl (C=O) groups excluding carboxylic acids is 1. The van der Waals surface area contributed by atoms with Crippen LogP contribution >= 0.6 is 0 Å². The summed E-state index contributed by atoms with van der Waals surface area (Å²) in [4.78, 5) is 23.9. The Labute approximate surface area is 155 Å². The number of aryl methyl sites for hydroxylation is 1. The molecule has 1 aliphatic rings. The largest absolute Gasteiger partial charge is 0.478 e. The Bertz CT molecular complexity index is 1030. The molecule has 0 aliphatic heterocycles. The Hall–Kier alpha value is -3.42. The number of H-pyrrole nitrogens is 1. The lowest BCUT2D eigenvalue weighted by atomic mass is 9.96. The molecular weight excluding hydrogens is 346 g/mol. The van der Waals surface area contributed by atoms with Crippen molar-refractivity contribution < 1.29 is 14.7 Å². The molecule has 1 aliphatic carbocycles. The van der Waals surface area contributed by atoms with E-state index in [-0.39, 0.29) is 11.5 Å². The maximum Gasteiger partial charge on any atom is 0.339 e. The summed E-state index contributed by atoms with van der Waals surface area (Å²) in [6.45, 7) is 1.69. The molecule has 138 valence electrons. The van der Waals surface area contributed by atoms with Crippen molar-refractivity contribution in [1.82, 2.24) is 20.0 Å². The Morgan fingerprint density at radius 1 is 1.26 bits per heavy atom. The number of hydrogen-bond donors (Lipinski definition) is 3.